The first kappa shape index (κ1) is 19.5. The number of likely N-dealkylation sites (tertiary alicyclic amines) is 1. The van der Waals surface area contributed by atoms with Crippen molar-refractivity contribution in [3.05, 3.63) is 34.9 Å². The molecule has 1 heterocycles. The Morgan fingerprint density at radius 3 is 2.88 bits per heavy atom. The summed E-state index contributed by atoms with van der Waals surface area (Å²) in [6.07, 6.45) is 6.58. The number of piperidine rings is 1. The molecular weight excluding hydrogens is 350 g/mol. The second-order valence-corrected chi connectivity index (χ2v) is 7.88. The molecule has 0 aromatic heterocycles. The summed E-state index contributed by atoms with van der Waals surface area (Å²) in [6, 6.07) is 8.39. The number of carbonyl (C=O) groups is 1. The van der Waals surface area contributed by atoms with Gasteiger partial charge in [-0.1, -0.05) is 30.2 Å². The van der Waals surface area contributed by atoms with E-state index < -0.39 is 0 Å². The quantitative estimate of drug-likeness (QED) is 0.682. The van der Waals surface area contributed by atoms with Crippen LogP contribution in [0.1, 0.15) is 44.1 Å². The van der Waals surface area contributed by atoms with Crippen molar-refractivity contribution >= 4 is 17.6 Å². The van der Waals surface area contributed by atoms with E-state index in [9.17, 15) is 9.90 Å². The lowest BCUT2D eigenvalue weighted by Crippen LogP contribution is -2.44. The van der Waals surface area contributed by atoms with Crippen LogP contribution in [0.2, 0.25) is 5.02 Å². The van der Waals surface area contributed by atoms with Crippen molar-refractivity contribution in [2.24, 2.45) is 0 Å². The van der Waals surface area contributed by atoms with Crippen LogP contribution in [0.3, 0.4) is 0 Å². The molecule has 2 fully saturated rings. The Bertz CT molecular complexity index is 594. The van der Waals surface area contributed by atoms with Gasteiger partial charge in [-0.15, -0.1) is 0 Å². The Morgan fingerprint density at radius 1 is 1.31 bits per heavy atom. The average Bonchev–Trinajstić information content (AvgIpc) is 3.48. The average molecular weight is 380 g/mol. The van der Waals surface area contributed by atoms with Gasteiger partial charge in [0.2, 0.25) is 0 Å². The van der Waals surface area contributed by atoms with E-state index >= 15 is 0 Å². The molecule has 0 spiro atoms. The van der Waals surface area contributed by atoms with Crippen molar-refractivity contribution in [2.75, 3.05) is 26.2 Å². The zero-order chi connectivity index (χ0) is 18.4. The number of urea groups is 1. The summed E-state index contributed by atoms with van der Waals surface area (Å²) < 4.78 is 0. The third-order valence-corrected chi connectivity index (χ3v) is 5.58. The Labute approximate surface area is 161 Å². The maximum Gasteiger partial charge on any atom is 0.317 e. The van der Waals surface area contributed by atoms with E-state index in [2.05, 4.69) is 10.2 Å². The van der Waals surface area contributed by atoms with Gasteiger partial charge in [0.1, 0.15) is 0 Å². The second-order valence-electron chi connectivity index (χ2n) is 7.44. The van der Waals surface area contributed by atoms with Crippen LogP contribution in [0.4, 0.5) is 4.79 Å². The van der Waals surface area contributed by atoms with Gasteiger partial charge in [-0.3, -0.25) is 4.90 Å². The molecule has 3 rings (SSSR count). The van der Waals surface area contributed by atoms with Gasteiger partial charge in [-0.25, -0.2) is 4.79 Å². The Kier molecular flexibility index (Phi) is 7.17. The van der Waals surface area contributed by atoms with Gasteiger partial charge in [-0.2, -0.15) is 0 Å². The van der Waals surface area contributed by atoms with Crippen molar-refractivity contribution in [2.45, 2.75) is 57.2 Å². The highest BCUT2D eigenvalue weighted by Gasteiger charge is 2.32. The number of rotatable bonds is 8. The van der Waals surface area contributed by atoms with E-state index in [1.165, 1.54) is 12.8 Å². The summed E-state index contributed by atoms with van der Waals surface area (Å²) in [5.74, 6) is 0. The summed E-state index contributed by atoms with van der Waals surface area (Å²) in [5, 5.41) is 13.3. The number of nitrogens with one attached hydrogen (secondary N) is 1. The number of carbonyl (C=O) groups excluding carboxylic acids is 1. The van der Waals surface area contributed by atoms with Crippen LogP contribution < -0.4 is 5.32 Å². The van der Waals surface area contributed by atoms with Crippen LogP contribution in [-0.4, -0.2) is 59.3 Å². The first-order valence-corrected chi connectivity index (χ1v) is 10.2. The molecule has 1 saturated carbocycles. The van der Waals surface area contributed by atoms with Gasteiger partial charge in [-0.05, 0) is 56.3 Å². The normalized spacial score (nSPS) is 20.8. The number of aliphatic hydroxyl groups excluding tert-OH is 1. The Hall–Kier alpha value is -1.30. The molecule has 2 amide bonds. The first-order valence-electron chi connectivity index (χ1n) is 9.81. The lowest BCUT2D eigenvalue weighted by molar-refractivity contribution is 0.0892. The van der Waals surface area contributed by atoms with E-state index in [0.717, 1.165) is 44.3 Å². The highest BCUT2D eigenvalue weighted by molar-refractivity contribution is 6.30. The topological polar surface area (TPSA) is 55.8 Å². The van der Waals surface area contributed by atoms with Crippen LogP contribution >= 0.6 is 11.6 Å². The van der Waals surface area contributed by atoms with E-state index in [0.29, 0.717) is 30.2 Å². The van der Waals surface area contributed by atoms with Gasteiger partial charge in [0, 0.05) is 36.7 Å². The number of nitrogens with zero attached hydrogens (tertiary/aromatic N) is 2. The van der Waals surface area contributed by atoms with Crippen molar-refractivity contribution in [1.29, 1.82) is 0 Å². The highest BCUT2D eigenvalue weighted by atomic mass is 35.5. The summed E-state index contributed by atoms with van der Waals surface area (Å²) >= 11 is 6.06. The molecule has 1 aliphatic heterocycles. The van der Waals surface area contributed by atoms with E-state index in [4.69, 9.17) is 11.6 Å². The Morgan fingerprint density at radius 2 is 2.15 bits per heavy atom. The molecule has 26 heavy (non-hydrogen) atoms. The Balaban J connectivity index is 1.43. The molecule has 144 valence electrons. The van der Waals surface area contributed by atoms with E-state index in [1.54, 1.807) is 0 Å². The first-order chi connectivity index (χ1) is 12.7. The van der Waals surface area contributed by atoms with Crippen molar-refractivity contribution in [3.63, 3.8) is 0 Å². The molecule has 5 nitrogen and oxygen atoms in total. The molecule has 2 N–H and O–H groups in total. The molecule has 0 radical (unpaired) electrons. The molecule has 1 aromatic rings. The van der Waals surface area contributed by atoms with Crippen LogP contribution in [-0.2, 0) is 6.54 Å². The van der Waals surface area contributed by atoms with Crippen LogP contribution in [0, 0.1) is 0 Å². The van der Waals surface area contributed by atoms with E-state index in [1.807, 2.05) is 29.2 Å². The van der Waals surface area contributed by atoms with Gasteiger partial charge < -0.3 is 15.3 Å². The zero-order valence-electron chi connectivity index (χ0n) is 15.4. The molecule has 1 saturated heterocycles. The molecule has 1 aromatic carbocycles. The van der Waals surface area contributed by atoms with Crippen molar-refractivity contribution < 1.29 is 9.90 Å². The van der Waals surface area contributed by atoms with Crippen LogP contribution in [0.5, 0.6) is 0 Å². The molecule has 2 aliphatic rings. The lowest BCUT2D eigenvalue weighted by Gasteiger charge is -2.34. The minimum atomic E-state index is 0.0184. The second kappa shape index (κ2) is 9.58. The maximum atomic E-state index is 12.6. The fourth-order valence-electron chi connectivity index (χ4n) is 3.73. The number of aliphatic hydroxyl groups is 1. The smallest absolute Gasteiger partial charge is 0.317 e. The monoisotopic (exact) mass is 379 g/mol. The third-order valence-electron chi connectivity index (χ3n) is 5.35. The minimum absolute atomic E-state index is 0.0184. The number of hydrogen-bond acceptors (Lipinski definition) is 3. The number of amides is 2. The largest absolute Gasteiger partial charge is 0.395 e. The number of benzene rings is 1. The molecule has 1 atom stereocenters. The summed E-state index contributed by atoms with van der Waals surface area (Å²) in [6.45, 7) is 3.51. The van der Waals surface area contributed by atoms with Crippen LogP contribution in [0.25, 0.3) is 0 Å². The fraction of sp³-hybridized carbons (Fsp3) is 0.650. The van der Waals surface area contributed by atoms with Gasteiger partial charge in [0.15, 0.2) is 0 Å². The fourth-order valence-corrected chi connectivity index (χ4v) is 3.94. The molecule has 1 aliphatic carbocycles. The maximum absolute atomic E-state index is 12.6. The molecular formula is C20H30ClN3O2. The number of hydrogen-bond donors (Lipinski definition) is 2. The predicted molar refractivity (Wildman–Crippen MR) is 104 cm³/mol. The van der Waals surface area contributed by atoms with Gasteiger partial charge in [0.05, 0.1) is 6.61 Å². The standard InChI is InChI=1S/C20H30ClN3O2/c21-17-6-3-5-16(13-17)14-24(18-8-9-18)20(26)22-10-4-12-23-11-2-1-7-19(23)15-25/h3,5-6,13,18-19,25H,1-2,4,7-12,14-15H2,(H,22,26)/t19-/m1/s1. The van der Waals surface area contributed by atoms with Gasteiger partial charge in [0.25, 0.3) is 0 Å². The van der Waals surface area contributed by atoms with Gasteiger partial charge >= 0.3 is 6.03 Å². The summed E-state index contributed by atoms with van der Waals surface area (Å²) in [4.78, 5) is 16.9. The van der Waals surface area contributed by atoms with Crippen molar-refractivity contribution in [1.82, 2.24) is 15.1 Å². The lowest BCUT2D eigenvalue weighted by atomic mass is 10.0. The SMILES string of the molecule is O=C(NCCCN1CCCC[C@@H]1CO)N(Cc1cccc(Cl)c1)C1CC1. The van der Waals surface area contributed by atoms with Crippen molar-refractivity contribution in [3.8, 4) is 0 Å². The molecule has 0 bridgehead atoms. The summed E-state index contributed by atoms with van der Waals surface area (Å²) in [7, 11) is 0. The van der Waals surface area contributed by atoms with E-state index in [-0.39, 0.29) is 12.6 Å². The number of halogens is 1. The third kappa shape index (κ3) is 5.60. The molecule has 6 heteroatoms. The molecule has 0 unspecified atom stereocenters. The summed E-state index contributed by atoms with van der Waals surface area (Å²) in [5.41, 5.74) is 1.07. The zero-order valence-corrected chi connectivity index (χ0v) is 16.1. The van der Waals surface area contributed by atoms with Crippen LogP contribution in [0.15, 0.2) is 24.3 Å². The highest BCUT2D eigenvalue weighted by Crippen LogP contribution is 2.28. The minimum Gasteiger partial charge on any atom is -0.395 e. The predicted octanol–water partition coefficient (Wildman–Crippen LogP) is 3.25.